The van der Waals surface area contributed by atoms with E-state index in [0.717, 1.165) is 22.4 Å². The topological polar surface area (TPSA) is 86.9 Å². The minimum Gasteiger partial charge on any atom is -0.496 e. The summed E-state index contributed by atoms with van der Waals surface area (Å²) in [5, 5.41) is 4.10. The van der Waals surface area contributed by atoms with Crippen molar-refractivity contribution in [3.63, 3.8) is 0 Å². The Balaban J connectivity index is 1.57. The summed E-state index contributed by atoms with van der Waals surface area (Å²) < 4.78 is 36.5. The van der Waals surface area contributed by atoms with Crippen LogP contribution in [0.3, 0.4) is 0 Å². The van der Waals surface area contributed by atoms with Gasteiger partial charge >= 0.3 is 5.97 Å². The molecule has 1 aromatic heterocycles. The Bertz CT molecular complexity index is 1480. The Kier molecular flexibility index (Phi) is 8.96. The minimum absolute atomic E-state index is 0.0735. The molecule has 1 heterocycles. The second kappa shape index (κ2) is 12.4. The first-order valence-corrected chi connectivity index (χ1v) is 12.9. The van der Waals surface area contributed by atoms with Gasteiger partial charge in [0.05, 0.1) is 20.3 Å². The lowest BCUT2D eigenvalue weighted by molar-refractivity contribution is -0.155. The summed E-state index contributed by atoms with van der Waals surface area (Å²) >= 11 is 0. The maximum atomic E-state index is 14.6. The van der Waals surface area contributed by atoms with E-state index < -0.39 is 11.4 Å². The van der Waals surface area contributed by atoms with Gasteiger partial charge in [-0.2, -0.15) is 4.98 Å². The third-order valence-electron chi connectivity index (χ3n) is 5.96. The van der Waals surface area contributed by atoms with Crippen LogP contribution in [0.1, 0.15) is 31.9 Å². The molecular weight excluding hydrogens is 513 g/mol. The van der Waals surface area contributed by atoms with Crippen molar-refractivity contribution in [3.8, 4) is 39.7 Å². The number of carbonyl (C=O) groups is 1. The van der Waals surface area contributed by atoms with Crippen LogP contribution in [0.2, 0.25) is 0 Å². The number of hydrogen-bond donors (Lipinski definition) is 0. The van der Waals surface area contributed by atoms with Gasteiger partial charge in [-0.25, -0.2) is 4.39 Å². The molecule has 40 heavy (non-hydrogen) atoms. The van der Waals surface area contributed by atoms with Gasteiger partial charge < -0.3 is 18.7 Å². The van der Waals surface area contributed by atoms with Gasteiger partial charge in [-0.1, -0.05) is 29.4 Å². The van der Waals surface area contributed by atoms with Crippen molar-refractivity contribution in [2.45, 2.75) is 39.5 Å². The minimum atomic E-state index is -0.570. The maximum Gasteiger partial charge on any atom is 0.320 e. The summed E-state index contributed by atoms with van der Waals surface area (Å²) in [6.45, 7) is 6.22. The van der Waals surface area contributed by atoms with Gasteiger partial charge in [-0.3, -0.25) is 9.69 Å². The van der Waals surface area contributed by atoms with Crippen LogP contribution in [0.15, 0.2) is 65.2 Å². The van der Waals surface area contributed by atoms with E-state index in [4.69, 9.17) is 18.7 Å². The van der Waals surface area contributed by atoms with Crippen LogP contribution in [0, 0.1) is 5.82 Å². The smallest absolute Gasteiger partial charge is 0.320 e. The second-order valence-electron chi connectivity index (χ2n) is 10.5. The standard InChI is InChI=1S/C31H34FN3O5/c1-31(2,3)39-28(36)18-35(4)17-20-13-22(16-24(32)14-20)29-33-30(40-34-29)21-11-12-25(23(15-21)19-37-5)26-9-7-8-10-27(26)38-6/h7-16H,17-19H2,1-6H3. The molecule has 0 radical (unpaired) electrons. The molecule has 9 heteroatoms. The highest BCUT2D eigenvalue weighted by atomic mass is 19.1. The number of ether oxygens (including phenoxy) is 3. The number of carbonyl (C=O) groups excluding carboxylic acids is 1. The van der Waals surface area contributed by atoms with Gasteiger partial charge in [0.1, 0.15) is 17.2 Å². The van der Waals surface area contributed by atoms with Crippen LogP contribution in [-0.2, 0) is 27.4 Å². The Morgan fingerprint density at radius 2 is 1.77 bits per heavy atom. The normalized spacial score (nSPS) is 11.6. The molecule has 4 aromatic rings. The van der Waals surface area contributed by atoms with Crippen LogP contribution in [0.5, 0.6) is 5.75 Å². The van der Waals surface area contributed by atoms with Gasteiger partial charge in [0, 0.05) is 30.3 Å². The average Bonchev–Trinajstić information content (AvgIpc) is 3.38. The number of benzene rings is 3. The predicted octanol–water partition coefficient (Wildman–Crippen LogP) is 6.14. The quantitative estimate of drug-likeness (QED) is 0.219. The van der Waals surface area contributed by atoms with E-state index in [-0.39, 0.29) is 18.3 Å². The number of methoxy groups -OCH3 is 2. The van der Waals surface area contributed by atoms with E-state index in [2.05, 4.69) is 10.1 Å². The maximum absolute atomic E-state index is 14.6. The van der Waals surface area contributed by atoms with E-state index in [1.807, 2.05) is 63.2 Å². The number of para-hydroxylation sites is 1. The van der Waals surface area contributed by atoms with E-state index in [1.165, 1.54) is 12.1 Å². The highest BCUT2D eigenvalue weighted by molar-refractivity contribution is 5.76. The van der Waals surface area contributed by atoms with Crippen molar-refractivity contribution in [3.05, 3.63) is 77.6 Å². The van der Waals surface area contributed by atoms with Crippen molar-refractivity contribution in [1.82, 2.24) is 15.0 Å². The molecule has 210 valence electrons. The molecule has 4 rings (SSSR count). The van der Waals surface area contributed by atoms with Crippen LogP contribution >= 0.6 is 0 Å². The van der Waals surface area contributed by atoms with E-state index in [0.29, 0.717) is 35.7 Å². The number of halogens is 1. The third kappa shape index (κ3) is 7.31. The largest absolute Gasteiger partial charge is 0.496 e. The first-order valence-electron chi connectivity index (χ1n) is 12.9. The zero-order valence-corrected chi connectivity index (χ0v) is 23.7. The second-order valence-corrected chi connectivity index (χ2v) is 10.5. The van der Waals surface area contributed by atoms with E-state index >= 15 is 0 Å². The van der Waals surface area contributed by atoms with Crippen molar-refractivity contribution >= 4 is 5.97 Å². The molecule has 0 N–H and O–H groups in total. The van der Waals surface area contributed by atoms with Crippen molar-refractivity contribution in [2.24, 2.45) is 0 Å². The van der Waals surface area contributed by atoms with Gasteiger partial charge in [0.2, 0.25) is 5.82 Å². The molecule has 0 aliphatic carbocycles. The number of esters is 1. The number of rotatable bonds is 10. The fourth-order valence-corrected chi connectivity index (χ4v) is 4.42. The van der Waals surface area contributed by atoms with Crippen LogP contribution < -0.4 is 4.74 Å². The van der Waals surface area contributed by atoms with Crippen molar-refractivity contribution < 1.29 is 27.9 Å². The molecule has 3 aromatic carbocycles. The van der Waals surface area contributed by atoms with Crippen LogP contribution in [-0.4, -0.2) is 54.4 Å². The van der Waals surface area contributed by atoms with Crippen molar-refractivity contribution in [2.75, 3.05) is 27.8 Å². The zero-order valence-electron chi connectivity index (χ0n) is 23.7. The van der Waals surface area contributed by atoms with E-state index in [1.54, 1.807) is 32.2 Å². The molecular formula is C31H34FN3O5. The fourth-order valence-electron chi connectivity index (χ4n) is 4.42. The summed E-state index contributed by atoms with van der Waals surface area (Å²) in [7, 11) is 5.04. The molecule has 0 amide bonds. The molecule has 8 nitrogen and oxygen atoms in total. The Labute approximate surface area is 233 Å². The summed E-state index contributed by atoms with van der Waals surface area (Å²) in [6, 6.07) is 18.1. The summed E-state index contributed by atoms with van der Waals surface area (Å²) in [5.74, 6) is 0.526. The van der Waals surface area contributed by atoms with Gasteiger partial charge in [0.25, 0.3) is 5.89 Å². The molecule has 0 saturated carbocycles. The lowest BCUT2D eigenvalue weighted by Gasteiger charge is -2.22. The molecule has 0 unspecified atom stereocenters. The molecule has 0 fully saturated rings. The molecule has 0 bridgehead atoms. The SMILES string of the molecule is COCc1cc(-c2nc(-c3cc(F)cc(CN(C)CC(=O)OC(C)(C)C)c3)no2)ccc1-c1ccccc1OC. The Morgan fingerprint density at radius 3 is 2.50 bits per heavy atom. The van der Waals surface area contributed by atoms with Gasteiger partial charge in [0.15, 0.2) is 0 Å². The highest BCUT2D eigenvalue weighted by Gasteiger charge is 2.19. The molecule has 0 aliphatic rings. The first kappa shape index (κ1) is 28.9. The Morgan fingerprint density at radius 1 is 1.00 bits per heavy atom. The summed E-state index contributed by atoms with van der Waals surface area (Å²) in [4.78, 5) is 18.5. The van der Waals surface area contributed by atoms with Crippen LogP contribution in [0.4, 0.5) is 4.39 Å². The summed E-state index contributed by atoms with van der Waals surface area (Å²) in [6.07, 6.45) is 0. The van der Waals surface area contributed by atoms with Crippen LogP contribution in [0.25, 0.3) is 34.0 Å². The number of nitrogens with zero attached hydrogens (tertiary/aromatic N) is 3. The summed E-state index contributed by atoms with van der Waals surface area (Å²) in [5.41, 5.74) is 4.10. The van der Waals surface area contributed by atoms with Crippen molar-refractivity contribution in [1.29, 1.82) is 0 Å². The Hall–Kier alpha value is -4.08. The monoisotopic (exact) mass is 547 g/mol. The van der Waals surface area contributed by atoms with E-state index in [9.17, 15) is 9.18 Å². The highest BCUT2D eigenvalue weighted by Crippen LogP contribution is 2.35. The average molecular weight is 548 g/mol. The number of hydrogen-bond acceptors (Lipinski definition) is 8. The molecule has 0 spiro atoms. The molecule has 0 aliphatic heterocycles. The molecule has 0 saturated heterocycles. The lowest BCUT2D eigenvalue weighted by atomic mass is 9.97. The lowest BCUT2D eigenvalue weighted by Crippen LogP contribution is -2.32. The molecule has 0 atom stereocenters. The zero-order chi connectivity index (χ0) is 28.9. The first-order chi connectivity index (χ1) is 19.1. The van der Waals surface area contributed by atoms with Gasteiger partial charge in [-0.15, -0.1) is 0 Å². The fraction of sp³-hybridized carbons (Fsp3) is 0.323. The third-order valence-corrected chi connectivity index (χ3v) is 5.96. The predicted molar refractivity (Wildman–Crippen MR) is 150 cm³/mol. The number of aromatic nitrogens is 2. The number of likely N-dealkylation sites (N-methyl/N-ethyl adjacent to an activating group) is 1. The van der Waals surface area contributed by atoms with Gasteiger partial charge in [-0.05, 0) is 80.9 Å².